The van der Waals surface area contributed by atoms with Crippen molar-refractivity contribution in [1.82, 2.24) is 0 Å². The zero-order chi connectivity index (χ0) is 9.42. The third kappa shape index (κ3) is 1.16. The third-order valence-corrected chi connectivity index (χ3v) is 3.09. The SMILES string of the molecule is CCc1cc2ccsc2c(O)c1O. The summed E-state index contributed by atoms with van der Waals surface area (Å²) >= 11 is 1.44. The van der Waals surface area contributed by atoms with Crippen LogP contribution in [0.25, 0.3) is 10.1 Å². The van der Waals surface area contributed by atoms with Crippen LogP contribution in [0.5, 0.6) is 11.5 Å². The lowest BCUT2D eigenvalue weighted by Gasteiger charge is -2.04. The number of aromatic hydroxyl groups is 2. The minimum Gasteiger partial charge on any atom is -0.504 e. The van der Waals surface area contributed by atoms with E-state index in [-0.39, 0.29) is 11.5 Å². The highest BCUT2D eigenvalue weighted by Crippen LogP contribution is 2.39. The van der Waals surface area contributed by atoms with Crippen LogP contribution in [0.2, 0.25) is 0 Å². The van der Waals surface area contributed by atoms with Gasteiger partial charge < -0.3 is 10.2 Å². The summed E-state index contributed by atoms with van der Waals surface area (Å²) in [6.07, 6.45) is 0.727. The van der Waals surface area contributed by atoms with Crippen molar-refractivity contribution in [3.8, 4) is 11.5 Å². The molecule has 0 radical (unpaired) electrons. The van der Waals surface area contributed by atoms with Gasteiger partial charge in [0.15, 0.2) is 11.5 Å². The lowest BCUT2D eigenvalue weighted by Crippen LogP contribution is -1.81. The van der Waals surface area contributed by atoms with Crippen LogP contribution in [-0.4, -0.2) is 10.2 Å². The second kappa shape index (κ2) is 2.92. The van der Waals surface area contributed by atoms with Crippen molar-refractivity contribution in [2.45, 2.75) is 13.3 Å². The van der Waals surface area contributed by atoms with Gasteiger partial charge in [0, 0.05) is 0 Å². The highest BCUT2D eigenvalue weighted by molar-refractivity contribution is 7.17. The van der Waals surface area contributed by atoms with Crippen LogP contribution < -0.4 is 0 Å². The van der Waals surface area contributed by atoms with Gasteiger partial charge in [-0.1, -0.05) is 6.92 Å². The quantitative estimate of drug-likeness (QED) is 0.685. The molecule has 3 heteroatoms. The van der Waals surface area contributed by atoms with Gasteiger partial charge in [-0.3, -0.25) is 0 Å². The first kappa shape index (κ1) is 8.38. The molecule has 13 heavy (non-hydrogen) atoms. The average molecular weight is 194 g/mol. The molecule has 0 unspecified atom stereocenters. The van der Waals surface area contributed by atoms with Crippen molar-refractivity contribution in [3.05, 3.63) is 23.1 Å². The van der Waals surface area contributed by atoms with Gasteiger partial charge in [0.05, 0.1) is 4.70 Å². The van der Waals surface area contributed by atoms with E-state index in [1.54, 1.807) is 0 Å². The summed E-state index contributed by atoms with van der Waals surface area (Å²) < 4.78 is 0.759. The lowest BCUT2D eigenvalue weighted by molar-refractivity contribution is 0.405. The van der Waals surface area contributed by atoms with Gasteiger partial charge in [0.25, 0.3) is 0 Å². The van der Waals surface area contributed by atoms with E-state index in [4.69, 9.17) is 0 Å². The van der Waals surface area contributed by atoms with Gasteiger partial charge in [0.2, 0.25) is 0 Å². The Labute approximate surface area is 80.1 Å². The zero-order valence-corrected chi connectivity index (χ0v) is 8.06. The van der Waals surface area contributed by atoms with Crippen LogP contribution in [0.4, 0.5) is 0 Å². The number of phenols is 2. The second-order valence-electron chi connectivity index (χ2n) is 2.93. The molecule has 0 bridgehead atoms. The topological polar surface area (TPSA) is 40.5 Å². The molecule has 0 aliphatic carbocycles. The molecular formula is C10H10O2S. The number of aryl methyl sites for hydroxylation is 1. The Kier molecular flexibility index (Phi) is 1.88. The van der Waals surface area contributed by atoms with Gasteiger partial charge in [0.1, 0.15) is 0 Å². The zero-order valence-electron chi connectivity index (χ0n) is 7.24. The molecule has 0 aliphatic heterocycles. The fourth-order valence-corrected chi connectivity index (χ4v) is 2.23. The highest BCUT2D eigenvalue weighted by Gasteiger charge is 2.10. The predicted molar refractivity (Wildman–Crippen MR) is 54.5 cm³/mol. The van der Waals surface area contributed by atoms with Gasteiger partial charge in [-0.15, -0.1) is 11.3 Å². The fourth-order valence-electron chi connectivity index (χ4n) is 1.41. The Morgan fingerprint density at radius 3 is 2.77 bits per heavy atom. The number of benzene rings is 1. The van der Waals surface area contributed by atoms with Crippen LogP contribution in [0, 0.1) is 0 Å². The molecule has 1 heterocycles. The van der Waals surface area contributed by atoms with E-state index >= 15 is 0 Å². The standard InChI is InChI=1S/C10H10O2S/c1-2-6-5-7-3-4-13-10(7)9(12)8(6)11/h3-5,11-12H,2H2,1H3. The van der Waals surface area contributed by atoms with Crippen LogP contribution in [0.3, 0.4) is 0 Å². The number of thiophene rings is 1. The molecule has 1 aromatic carbocycles. The summed E-state index contributed by atoms with van der Waals surface area (Å²) in [6, 6.07) is 3.86. The number of hydrogen-bond donors (Lipinski definition) is 2. The van der Waals surface area contributed by atoms with E-state index in [1.807, 2.05) is 24.4 Å². The number of rotatable bonds is 1. The monoisotopic (exact) mass is 194 g/mol. The molecule has 0 atom stereocenters. The fraction of sp³-hybridized carbons (Fsp3) is 0.200. The minimum atomic E-state index is 0.0179. The van der Waals surface area contributed by atoms with Crippen molar-refractivity contribution in [2.24, 2.45) is 0 Å². The smallest absolute Gasteiger partial charge is 0.175 e. The van der Waals surface area contributed by atoms with E-state index in [0.717, 1.165) is 22.1 Å². The highest BCUT2D eigenvalue weighted by atomic mass is 32.1. The molecule has 0 saturated heterocycles. The Morgan fingerprint density at radius 1 is 1.31 bits per heavy atom. The van der Waals surface area contributed by atoms with Gasteiger partial charge in [-0.25, -0.2) is 0 Å². The maximum atomic E-state index is 9.62. The van der Waals surface area contributed by atoms with Gasteiger partial charge >= 0.3 is 0 Å². The van der Waals surface area contributed by atoms with Crippen LogP contribution in [0.1, 0.15) is 12.5 Å². The molecule has 0 spiro atoms. The first-order valence-corrected chi connectivity index (χ1v) is 5.03. The minimum absolute atomic E-state index is 0.0179. The molecule has 2 nitrogen and oxygen atoms in total. The summed E-state index contributed by atoms with van der Waals surface area (Å²) in [5.74, 6) is 0.0433. The van der Waals surface area contributed by atoms with Gasteiger partial charge in [-0.05, 0) is 34.9 Å². The third-order valence-electron chi connectivity index (χ3n) is 2.15. The van der Waals surface area contributed by atoms with Gasteiger partial charge in [-0.2, -0.15) is 0 Å². The summed E-state index contributed by atoms with van der Waals surface area (Å²) in [5.41, 5.74) is 0.795. The molecule has 2 rings (SSSR count). The number of fused-ring (bicyclic) bond motifs is 1. The van der Waals surface area contributed by atoms with Crippen LogP contribution in [0.15, 0.2) is 17.5 Å². The predicted octanol–water partition coefficient (Wildman–Crippen LogP) is 2.87. The molecule has 0 saturated carbocycles. The second-order valence-corrected chi connectivity index (χ2v) is 3.84. The van der Waals surface area contributed by atoms with Crippen LogP contribution in [-0.2, 0) is 6.42 Å². The summed E-state index contributed by atoms with van der Waals surface area (Å²) in [4.78, 5) is 0. The van der Waals surface area contributed by atoms with Crippen molar-refractivity contribution in [1.29, 1.82) is 0 Å². The van der Waals surface area contributed by atoms with E-state index in [0.29, 0.717) is 0 Å². The van der Waals surface area contributed by atoms with Crippen molar-refractivity contribution >= 4 is 21.4 Å². The number of hydrogen-bond acceptors (Lipinski definition) is 3. The van der Waals surface area contributed by atoms with Crippen LogP contribution >= 0.6 is 11.3 Å². The summed E-state index contributed by atoms with van der Waals surface area (Å²) in [7, 11) is 0. The maximum absolute atomic E-state index is 9.62. The Hall–Kier alpha value is -1.22. The van der Waals surface area contributed by atoms with E-state index in [9.17, 15) is 10.2 Å². The summed E-state index contributed by atoms with van der Waals surface area (Å²) in [5, 5.41) is 22.1. The molecule has 68 valence electrons. The molecular weight excluding hydrogens is 184 g/mol. The first-order chi connectivity index (χ1) is 6.24. The van der Waals surface area contributed by atoms with Crippen molar-refractivity contribution < 1.29 is 10.2 Å². The number of phenolic OH excluding ortho intramolecular Hbond substituents is 2. The Morgan fingerprint density at radius 2 is 2.08 bits per heavy atom. The molecule has 1 aromatic heterocycles. The first-order valence-electron chi connectivity index (χ1n) is 4.15. The maximum Gasteiger partial charge on any atom is 0.175 e. The average Bonchev–Trinajstić information content (AvgIpc) is 2.59. The molecule has 0 amide bonds. The molecule has 2 aromatic rings. The normalized spacial score (nSPS) is 10.8. The molecule has 2 N–H and O–H groups in total. The molecule has 0 fully saturated rings. The lowest BCUT2D eigenvalue weighted by atomic mass is 10.1. The van der Waals surface area contributed by atoms with E-state index < -0.39 is 0 Å². The largest absolute Gasteiger partial charge is 0.504 e. The van der Waals surface area contributed by atoms with E-state index in [1.165, 1.54) is 11.3 Å². The molecule has 0 aliphatic rings. The summed E-state index contributed by atoms with van der Waals surface area (Å²) in [6.45, 7) is 1.95. The Bertz CT molecular complexity index is 445. The van der Waals surface area contributed by atoms with E-state index in [2.05, 4.69) is 0 Å². The van der Waals surface area contributed by atoms with Crippen molar-refractivity contribution in [2.75, 3.05) is 0 Å². The van der Waals surface area contributed by atoms with Crippen molar-refractivity contribution in [3.63, 3.8) is 0 Å². The Balaban J connectivity index is 2.83.